The maximum Gasteiger partial charge on any atom is 0.217 e. The molecule has 2 fully saturated rings. The number of hydrogen-bond donors (Lipinski definition) is 2. The quantitative estimate of drug-likeness (QED) is 0.850. The molecular weight excluding hydrogens is 250 g/mol. The second kappa shape index (κ2) is 5.19. The summed E-state index contributed by atoms with van der Waals surface area (Å²) in [6, 6.07) is 11.1. The molecule has 0 radical (unpaired) electrons. The summed E-state index contributed by atoms with van der Waals surface area (Å²) in [7, 11) is 2.17. The largest absolute Gasteiger partial charge is 0.348 e. The normalized spacial score (nSPS) is 33.7. The van der Waals surface area contributed by atoms with Crippen molar-refractivity contribution in [3.05, 3.63) is 35.9 Å². The molecule has 1 amide bonds. The molecule has 2 heterocycles. The first-order valence-corrected chi connectivity index (χ1v) is 7.37. The number of hydrogen-bond acceptors (Lipinski definition) is 3. The number of nitrogens with one attached hydrogen (secondary N) is 2. The Balaban J connectivity index is 1.95. The van der Waals surface area contributed by atoms with E-state index in [-0.39, 0.29) is 11.4 Å². The van der Waals surface area contributed by atoms with E-state index >= 15 is 0 Å². The van der Waals surface area contributed by atoms with Gasteiger partial charge in [0.2, 0.25) is 5.91 Å². The van der Waals surface area contributed by atoms with Gasteiger partial charge in [-0.3, -0.25) is 9.69 Å². The second-order valence-corrected chi connectivity index (χ2v) is 6.18. The fourth-order valence-electron chi connectivity index (χ4n) is 4.12. The van der Waals surface area contributed by atoms with E-state index in [2.05, 4.69) is 52.9 Å². The van der Waals surface area contributed by atoms with Gasteiger partial charge in [0, 0.05) is 32.0 Å². The molecule has 2 aliphatic rings. The van der Waals surface area contributed by atoms with Crippen molar-refractivity contribution < 1.29 is 4.79 Å². The molecule has 0 spiro atoms. The first kappa shape index (κ1) is 13.6. The lowest BCUT2D eigenvalue weighted by Crippen LogP contribution is -2.62. The molecule has 3 atom stereocenters. The van der Waals surface area contributed by atoms with Crippen LogP contribution in [0.2, 0.25) is 0 Å². The third-order valence-corrected chi connectivity index (χ3v) is 4.74. The van der Waals surface area contributed by atoms with Crippen LogP contribution in [0.25, 0.3) is 0 Å². The summed E-state index contributed by atoms with van der Waals surface area (Å²) in [6.07, 6.45) is 1.10. The van der Waals surface area contributed by atoms with Crippen molar-refractivity contribution in [2.45, 2.75) is 24.9 Å². The molecule has 4 nitrogen and oxygen atoms in total. The van der Waals surface area contributed by atoms with Gasteiger partial charge in [-0.25, -0.2) is 0 Å². The van der Waals surface area contributed by atoms with E-state index in [1.54, 1.807) is 6.92 Å². The Morgan fingerprint density at radius 1 is 1.40 bits per heavy atom. The average molecular weight is 273 g/mol. The molecule has 108 valence electrons. The molecule has 1 unspecified atom stereocenters. The number of benzene rings is 1. The summed E-state index contributed by atoms with van der Waals surface area (Å²) in [5, 5.41) is 6.70. The van der Waals surface area contributed by atoms with E-state index in [0.717, 1.165) is 26.1 Å². The van der Waals surface area contributed by atoms with Crippen molar-refractivity contribution in [2.75, 3.05) is 26.7 Å². The molecule has 0 bridgehead atoms. The van der Waals surface area contributed by atoms with Crippen molar-refractivity contribution >= 4 is 5.91 Å². The van der Waals surface area contributed by atoms with E-state index in [4.69, 9.17) is 0 Å². The summed E-state index contributed by atoms with van der Waals surface area (Å²) in [5.74, 6) is 0.542. The molecule has 1 aromatic rings. The van der Waals surface area contributed by atoms with Gasteiger partial charge in [0.05, 0.1) is 5.54 Å². The van der Waals surface area contributed by atoms with Crippen molar-refractivity contribution in [2.24, 2.45) is 5.92 Å². The minimum Gasteiger partial charge on any atom is -0.348 e. The van der Waals surface area contributed by atoms with Gasteiger partial charge >= 0.3 is 0 Å². The highest BCUT2D eigenvalue weighted by Gasteiger charge is 2.53. The lowest BCUT2D eigenvalue weighted by atomic mass is 9.76. The third-order valence-electron chi connectivity index (χ3n) is 4.74. The molecule has 0 saturated carbocycles. The number of nitrogens with zero attached hydrogens (tertiary/aromatic N) is 1. The van der Waals surface area contributed by atoms with E-state index in [0.29, 0.717) is 12.0 Å². The molecule has 4 heteroatoms. The highest BCUT2D eigenvalue weighted by atomic mass is 16.1. The van der Waals surface area contributed by atoms with Crippen LogP contribution in [0.3, 0.4) is 0 Å². The summed E-state index contributed by atoms with van der Waals surface area (Å²) in [6.45, 7) is 4.42. The number of rotatable bonds is 2. The van der Waals surface area contributed by atoms with Crippen LogP contribution in [0, 0.1) is 5.92 Å². The maximum atomic E-state index is 11.6. The van der Waals surface area contributed by atoms with Crippen molar-refractivity contribution in [1.82, 2.24) is 15.5 Å². The van der Waals surface area contributed by atoms with Gasteiger partial charge in [0.1, 0.15) is 0 Å². The lowest BCUT2D eigenvalue weighted by Gasteiger charge is -2.41. The van der Waals surface area contributed by atoms with Gasteiger partial charge in [-0.05, 0) is 25.6 Å². The number of likely N-dealkylation sites (N-methyl/N-ethyl adjacent to an activating group) is 1. The predicted octanol–water partition coefficient (Wildman–Crippen LogP) is 1.16. The Labute approximate surface area is 120 Å². The highest BCUT2D eigenvalue weighted by Crippen LogP contribution is 2.45. The molecule has 1 aromatic carbocycles. The molecular formula is C16H23N3O. The van der Waals surface area contributed by atoms with Gasteiger partial charge < -0.3 is 10.6 Å². The van der Waals surface area contributed by atoms with Crippen LogP contribution in [-0.4, -0.2) is 43.0 Å². The fraction of sp³-hybridized carbons (Fsp3) is 0.562. The first-order chi connectivity index (χ1) is 9.62. The summed E-state index contributed by atoms with van der Waals surface area (Å²) in [5.41, 5.74) is 1.23. The van der Waals surface area contributed by atoms with Crippen molar-refractivity contribution in [3.63, 3.8) is 0 Å². The van der Waals surface area contributed by atoms with Crippen LogP contribution in [0.15, 0.2) is 30.3 Å². The average Bonchev–Trinajstić information content (AvgIpc) is 2.70. The SMILES string of the molecule is CC(=O)N[C@@]12CNCCC1[C@@H](c1ccccc1)N(C)C2. The van der Waals surface area contributed by atoms with Gasteiger partial charge in [-0.2, -0.15) is 0 Å². The van der Waals surface area contributed by atoms with Crippen LogP contribution >= 0.6 is 0 Å². The minimum atomic E-state index is -0.126. The predicted molar refractivity (Wildman–Crippen MR) is 79.3 cm³/mol. The molecule has 2 saturated heterocycles. The van der Waals surface area contributed by atoms with E-state index in [1.807, 2.05) is 0 Å². The zero-order valence-corrected chi connectivity index (χ0v) is 12.2. The molecule has 3 rings (SSSR count). The first-order valence-electron chi connectivity index (χ1n) is 7.37. The molecule has 2 aliphatic heterocycles. The zero-order chi connectivity index (χ0) is 14.2. The fourth-order valence-corrected chi connectivity index (χ4v) is 4.12. The number of amides is 1. The van der Waals surface area contributed by atoms with Crippen molar-refractivity contribution in [1.29, 1.82) is 0 Å². The summed E-state index contributed by atoms with van der Waals surface area (Å²) >= 11 is 0. The second-order valence-electron chi connectivity index (χ2n) is 6.18. The van der Waals surface area contributed by atoms with Gasteiger partial charge in [-0.15, -0.1) is 0 Å². The highest BCUT2D eigenvalue weighted by molar-refractivity contribution is 5.74. The Morgan fingerprint density at radius 2 is 2.15 bits per heavy atom. The standard InChI is InChI=1S/C16H23N3O/c1-12(20)18-16-10-17-9-8-14(16)15(19(2)11-16)13-6-4-3-5-7-13/h3-7,14-15,17H,8-11H2,1-2H3,(H,18,20)/t14?,15-,16-/m1/s1. The van der Waals surface area contributed by atoms with Gasteiger partial charge in [0.15, 0.2) is 0 Å². The van der Waals surface area contributed by atoms with Crippen LogP contribution in [0.4, 0.5) is 0 Å². The van der Waals surface area contributed by atoms with Crippen LogP contribution < -0.4 is 10.6 Å². The molecule has 0 aliphatic carbocycles. The minimum absolute atomic E-state index is 0.0702. The van der Waals surface area contributed by atoms with Crippen LogP contribution in [0.5, 0.6) is 0 Å². The number of carbonyl (C=O) groups excluding carboxylic acids is 1. The van der Waals surface area contributed by atoms with Crippen molar-refractivity contribution in [3.8, 4) is 0 Å². The summed E-state index contributed by atoms with van der Waals surface area (Å²) in [4.78, 5) is 14.0. The number of piperidine rings is 1. The van der Waals surface area contributed by atoms with E-state index in [1.165, 1.54) is 5.56 Å². The smallest absolute Gasteiger partial charge is 0.217 e. The Hall–Kier alpha value is -1.39. The van der Waals surface area contributed by atoms with Crippen LogP contribution in [0.1, 0.15) is 24.9 Å². The third kappa shape index (κ3) is 2.23. The molecule has 0 aromatic heterocycles. The van der Waals surface area contributed by atoms with E-state index in [9.17, 15) is 4.79 Å². The number of carbonyl (C=O) groups is 1. The Bertz CT molecular complexity index is 490. The Kier molecular flexibility index (Phi) is 3.52. The zero-order valence-electron chi connectivity index (χ0n) is 12.2. The van der Waals surface area contributed by atoms with Gasteiger partial charge in [0.25, 0.3) is 0 Å². The molecule has 20 heavy (non-hydrogen) atoms. The van der Waals surface area contributed by atoms with Gasteiger partial charge in [-0.1, -0.05) is 30.3 Å². The number of likely N-dealkylation sites (tertiary alicyclic amines) is 1. The van der Waals surface area contributed by atoms with E-state index < -0.39 is 0 Å². The maximum absolute atomic E-state index is 11.6. The summed E-state index contributed by atoms with van der Waals surface area (Å²) < 4.78 is 0. The molecule has 2 N–H and O–H groups in total. The topological polar surface area (TPSA) is 44.4 Å². The monoisotopic (exact) mass is 273 g/mol. The number of fused-ring (bicyclic) bond motifs is 1. The Morgan fingerprint density at radius 3 is 2.85 bits per heavy atom. The van der Waals surface area contributed by atoms with Crippen LogP contribution in [-0.2, 0) is 4.79 Å². The lowest BCUT2D eigenvalue weighted by molar-refractivity contribution is -0.121.